The van der Waals surface area contributed by atoms with E-state index in [9.17, 15) is 4.39 Å². The van der Waals surface area contributed by atoms with Crippen molar-refractivity contribution < 1.29 is 4.39 Å². The van der Waals surface area contributed by atoms with Crippen LogP contribution < -0.4 is 5.73 Å². The second-order valence-electron chi connectivity index (χ2n) is 4.41. The Labute approximate surface area is 125 Å². The molecule has 0 saturated heterocycles. The van der Waals surface area contributed by atoms with E-state index in [1.54, 1.807) is 12.1 Å². The molecule has 1 nitrogen and oxygen atoms in total. The third kappa shape index (κ3) is 3.56. The molecule has 0 fully saturated rings. The number of hydrogen-bond acceptors (Lipinski definition) is 1. The molecule has 0 radical (unpaired) electrons. The fourth-order valence-corrected chi connectivity index (χ4v) is 2.89. The monoisotopic (exact) mass is 341 g/mol. The zero-order valence-electron chi connectivity index (χ0n) is 10.2. The van der Waals surface area contributed by atoms with Gasteiger partial charge in [0.05, 0.1) is 5.02 Å². The molecular formula is C15H14BrClFN. The molecule has 2 aromatic carbocycles. The molecule has 100 valence electrons. The van der Waals surface area contributed by atoms with Crippen molar-refractivity contribution in [2.45, 2.75) is 12.3 Å². The number of benzene rings is 2. The Morgan fingerprint density at radius 3 is 2.58 bits per heavy atom. The van der Waals surface area contributed by atoms with Gasteiger partial charge < -0.3 is 5.73 Å². The van der Waals surface area contributed by atoms with E-state index < -0.39 is 5.82 Å². The van der Waals surface area contributed by atoms with Gasteiger partial charge >= 0.3 is 0 Å². The minimum absolute atomic E-state index is 0.153. The summed E-state index contributed by atoms with van der Waals surface area (Å²) in [5, 5.41) is 0.153. The zero-order chi connectivity index (χ0) is 13.8. The second-order valence-corrected chi connectivity index (χ2v) is 5.67. The van der Waals surface area contributed by atoms with E-state index in [1.807, 2.05) is 24.3 Å². The topological polar surface area (TPSA) is 26.0 Å². The van der Waals surface area contributed by atoms with E-state index in [0.29, 0.717) is 6.54 Å². The van der Waals surface area contributed by atoms with Gasteiger partial charge in [-0.15, -0.1) is 0 Å². The molecule has 0 spiro atoms. The molecule has 0 aliphatic rings. The Morgan fingerprint density at radius 2 is 1.95 bits per heavy atom. The smallest absolute Gasteiger partial charge is 0.141 e. The molecule has 0 amide bonds. The molecule has 2 rings (SSSR count). The van der Waals surface area contributed by atoms with Crippen LogP contribution in [0.15, 0.2) is 46.9 Å². The number of hydrogen-bond donors (Lipinski definition) is 1. The molecule has 0 bridgehead atoms. The normalized spacial score (nSPS) is 12.4. The lowest BCUT2D eigenvalue weighted by Gasteiger charge is -2.17. The Balaban J connectivity index is 2.24. The first-order valence-corrected chi connectivity index (χ1v) is 7.17. The molecule has 0 saturated carbocycles. The summed E-state index contributed by atoms with van der Waals surface area (Å²) in [6, 6.07) is 12.8. The largest absolute Gasteiger partial charge is 0.330 e. The first kappa shape index (κ1) is 14.5. The lowest BCUT2D eigenvalue weighted by Crippen LogP contribution is -2.15. The average molecular weight is 343 g/mol. The summed E-state index contributed by atoms with van der Waals surface area (Å²) >= 11 is 9.34. The van der Waals surface area contributed by atoms with Gasteiger partial charge in [-0.25, -0.2) is 4.39 Å². The van der Waals surface area contributed by atoms with Crippen LogP contribution >= 0.6 is 27.5 Å². The molecular weight excluding hydrogens is 329 g/mol. The van der Waals surface area contributed by atoms with Crippen LogP contribution in [0, 0.1) is 5.82 Å². The van der Waals surface area contributed by atoms with Gasteiger partial charge in [-0.3, -0.25) is 0 Å². The summed E-state index contributed by atoms with van der Waals surface area (Å²) in [5.74, 6) is -0.215. The fraction of sp³-hybridized carbons (Fsp3) is 0.200. The molecule has 1 unspecified atom stereocenters. The highest BCUT2D eigenvalue weighted by atomic mass is 79.9. The van der Waals surface area contributed by atoms with E-state index in [1.165, 1.54) is 6.07 Å². The van der Waals surface area contributed by atoms with Crippen molar-refractivity contribution >= 4 is 27.5 Å². The Bertz CT molecular complexity index is 574. The second kappa shape index (κ2) is 6.51. The van der Waals surface area contributed by atoms with Crippen molar-refractivity contribution in [3.8, 4) is 0 Å². The maximum atomic E-state index is 13.1. The van der Waals surface area contributed by atoms with Gasteiger partial charge in [-0.1, -0.05) is 51.8 Å². The van der Waals surface area contributed by atoms with Crippen LogP contribution in [0.4, 0.5) is 4.39 Å². The number of rotatable bonds is 4. The minimum atomic E-state index is -0.393. The van der Waals surface area contributed by atoms with Crippen LogP contribution in [0.3, 0.4) is 0 Å². The standard InChI is InChI=1S/C15H14BrClFN/c16-13-4-2-1-3-12(13)11(9-19)7-10-5-6-15(18)14(17)8-10/h1-6,8,11H,7,9,19H2. The van der Waals surface area contributed by atoms with E-state index in [4.69, 9.17) is 17.3 Å². The fourth-order valence-electron chi connectivity index (χ4n) is 2.08. The highest BCUT2D eigenvalue weighted by Crippen LogP contribution is 2.28. The maximum Gasteiger partial charge on any atom is 0.141 e. The molecule has 2 aromatic rings. The van der Waals surface area contributed by atoms with E-state index >= 15 is 0 Å². The Kier molecular flexibility index (Phi) is 4.97. The van der Waals surface area contributed by atoms with Gasteiger partial charge in [0.1, 0.15) is 5.82 Å². The molecule has 1 atom stereocenters. The quantitative estimate of drug-likeness (QED) is 0.868. The lowest BCUT2D eigenvalue weighted by molar-refractivity contribution is 0.625. The Hall–Kier alpha value is -0.900. The van der Waals surface area contributed by atoms with E-state index in [-0.39, 0.29) is 10.9 Å². The number of nitrogens with two attached hydrogens (primary N) is 1. The van der Waals surface area contributed by atoms with Gasteiger partial charge in [0.2, 0.25) is 0 Å². The minimum Gasteiger partial charge on any atom is -0.330 e. The van der Waals surface area contributed by atoms with Crippen LogP contribution in [0.25, 0.3) is 0 Å². The molecule has 0 aliphatic carbocycles. The summed E-state index contributed by atoms with van der Waals surface area (Å²) in [4.78, 5) is 0. The third-order valence-electron chi connectivity index (χ3n) is 3.10. The van der Waals surface area contributed by atoms with E-state index in [2.05, 4.69) is 15.9 Å². The lowest BCUT2D eigenvalue weighted by atomic mass is 9.92. The van der Waals surface area contributed by atoms with Crippen molar-refractivity contribution in [2.24, 2.45) is 5.73 Å². The summed E-state index contributed by atoms with van der Waals surface area (Å²) in [5.41, 5.74) is 8.00. The molecule has 19 heavy (non-hydrogen) atoms. The van der Waals surface area contributed by atoms with Gasteiger partial charge in [-0.2, -0.15) is 0 Å². The highest BCUT2D eigenvalue weighted by Gasteiger charge is 2.14. The van der Waals surface area contributed by atoms with Gasteiger partial charge in [0.15, 0.2) is 0 Å². The predicted octanol–water partition coefficient (Wildman–Crippen LogP) is 4.53. The summed E-state index contributed by atoms with van der Waals surface area (Å²) < 4.78 is 14.2. The molecule has 0 aromatic heterocycles. The van der Waals surface area contributed by atoms with Gasteiger partial charge in [0, 0.05) is 10.4 Å². The first-order chi connectivity index (χ1) is 9.11. The van der Waals surface area contributed by atoms with Crippen molar-refractivity contribution in [3.05, 3.63) is 68.9 Å². The third-order valence-corrected chi connectivity index (χ3v) is 4.11. The van der Waals surface area contributed by atoms with Gasteiger partial charge in [0.25, 0.3) is 0 Å². The highest BCUT2D eigenvalue weighted by molar-refractivity contribution is 9.10. The predicted molar refractivity (Wildman–Crippen MR) is 81.1 cm³/mol. The summed E-state index contributed by atoms with van der Waals surface area (Å²) in [7, 11) is 0. The molecule has 0 heterocycles. The van der Waals surface area contributed by atoms with Crippen LogP contribution in [-0.2, 0) is 6.42 Å². The van der Waals surface area contributed by atoms with Crippen LogP contribution in [-0.4, -0.2) is 6.54 Å². The average Bonchev–Trinajstić information content (AvgIpc) is 2.41. The van der Waals surface area contributed by atoms with Crippen molar-refractivity contribution in [1.82, 2.24) is 0 Å². The van der Waals surface area contributed by atoms with E-state index in [0.717, 1.165) is 22.0 Å². The van der Waals surface area contributed by atoms with Crippen molar-refractivity contribution in [3.63, 3.8) is 0 Å². The van der Waals surface area contributed by atoms with Crippen LogP contribution in [0.2, 0.25) is 5.02 Å². The SMILES string of the molecule is NCC(Cc1ccc(F)c(Cl)c1)c1ccccc1Br. The maximum absolute atomic E-state index is 13.1. The van der Waals surface area contributed by atoms with Crippen molar-refractivity contribution in [1.29, 1.82) is 0 Å². The molecule has 4 heteroatoms. The van der Waals surface area contributed by atoms with Gasteiger partial charge in [-0.05, 0) is 42.3 Å². The first-order valence-electron chi connectivity index (χ1n) is 6.00. The van der Waals surface area contributed by atoms with Crippen molar-refractivity contribution in [2.75, 3.05) is 6.54 Å². The number of halogens is 3. The summed E-state index contributed by atoms with van der Waals surface area (Å²) in [6.45, 7) is 0.525. The van der Waals surface area contributed by atoms with Crippen LogP contribution in [0.5, 0.6) is 0 Å². The van der Waals surface area contributed by atoms with Crippen LogP contribution in [0.1, 0.15) is 17.0 Å². The summed E-state index contributed by atoms with van der Waals surface area (Å²) in [6.07, 6.45) is 0.735. The Morgan fingerprint density at radius 1 is 1.21 bits per heavy atom. The zero-order valence-corrected chi connectivity index (χ0v) is 12.6. The molecule has 0 aliphatic heterocycles. The molecule has 2 N–H and O–H groups in total.